The Bertz CT molecular complexity index is 842. The van der Waals surface area contributed by atoms with Gasteiger partial charge in [0.1, 0.15) is 30.5 Å². The Morgan fingerprint density at radius 3 is 2.12 bits per heavy atom. The molecule has 132 valence electrons. The Kier molecular flexibility index (Phi) is 5.88. The molecule has 0 N–H and O–H groups in total. The molecule has 0 aliphatic carbocycles. The summed E-state index contributed by atoms with van der Waals surface area (Å²) in [6.45, 7) is 0.703. The number of ether oxygens (including phenoxy) is 3. The predicted molar refractivity (Wildman–Crippen MR) is 101 cm³/mol. The van der Waals surface area contributed by atoms with Crippen LogP contribution in [0.4, 0.5) is 0 Å². The van der Waals surface area contributed by atoms with E-state index < -0.39 is 0 Å². The second-order valence-electron chi connectivity index (χ2n) is 5.61. The van der Waals surface area contributed by atoms with Crippen LogP contribution in [-0.2, 0) is 0 Å². The van der Waals surface area contributed by atoms with E-state index in [9.17, 15) is 4.79 Å². The van der Waals surface area contributed by atoms with Crippen molar-refractivity contribution in [2.24, 2.45) is 0 Å². The van der Waals surface area contributed by atoms with Crippen LogP contribution in [0.5, 0.6) is 17.2 Å². The molecule has 3 aromatic carbocycles. The SMILES string of the molecule is COc1ccc(C=O)c(OCCOc2ccc(-c3ccccc3)cc2)c1. The molecule has 0 saturated carbocycles. The number of methoxy groups -OCH3 is 1. The van der Waals surface area contributed by atoms with Crippen molar-refractivity contribution in [1.29, 1.82) is 0 Å². The first-order valence-corrected chi connectivity index (χ1v) is 8.34. The predicted octanol–water partition coefficient (Wildman–Crippen LogP) is 4.63. The summed E-state index contributed by atoms with van der Waals surface area (Å²) in [4.78, 5) is 11.1. The lowest BCUT2D eigenvalue weighted by Crippen LogP contribution is -2.10. The van der Waals surface area contributed by atoms with Crippen LogP contribution in [0.2, 0.25) is 0 Å². The second-order valence-corrected chi connectivity index (χ2v) is 5.61. The lowest BCUT2D eigenvalue weighted by atomic mass is 10.1. The maximum atomic E-state index is 11.1. The number of benzene rings is 3. The molecule has 0 bridgehead atoms. The lowest BCUT2D eigenvalue weighted by molar-refractivity contribution is 0.111. The Labute approximate surface area is 153 Å². The van der Waals surface area contributed by atoms with Crippen LogP contribution >= 0.6 is 0 Å². The molecule has 0 aliphatic heterocycles. The average molecular weight is 348 g/mol. The molecule has 3 rings (SSSR count). The Morgan fingerprint density at radius 2 is 1.42 bits per heavy atom. The highest BCUT2D eigenvalue weighted by molar-refractivity contribution is 5.79. The molecule has 3 aromatic rings. The van der Waals surface area contributed by atoms with Crippen LogP contribution in [0.1, 0.15) is 10.4 Å². The van der Waals surface area contributed by atoms with E-state index in [-0.39, 0.29) is 0 Å². The van der Waals surface area contributed by atoms with E-state index in [2.05, 4.69) is 12.1 Å². The maximum Gasteiger partial charge on any atom is 0.153 e. The molecule has 0 amide bonds. The highest BCUT2D eigenvalue weighted by Gasteiger charge is 2.05. The maximum absolute atomic E-state index is 11.1. The zero-order chi connectivity index (χ0) is 18.2. The van der Waals surface area contributed by atoms with Gasteiger partial charge in [0.15, 0.2) is 6.29 Å². The van der Waals surface area contributed by atoms with Crippen LogP contribution in [-0.4, -0.2) is 26.6 Å². The average Bonchev–Trinajstić information content (AvgIpc) is 2.72. The summed E-state index contributed by atoms with van der Waals surface area (Å²) < 4.78 is 16.5. The van der Waals surface area contributed by atoms with E-state index in [1.54, 1.807) is 25.3 Å². The van der Waals surface area contributed by atoms with Crippen LogP contribution in [0.25, 0.3) is 11.1 Å². The van der Waals surface area contributed by atoms with Gasteiger partial charge in [0.2, 0.25) is 0 Å². The van der Waals surface area contributed by atoms with E-state index in [0.29, 0.717) is 30.3 Å². The van der Waals surface area contributed by atoms with Gasteiger partial charge in [-0.1, -0.05) is 42.5 Å². The summed E-state index contributed by atoms with van der Waals surface area (Å²) in [6.07, 6.45) is 0.762. The first-order chi connectivity index (χ1) is 12.8. The van der Waals surface area contributed by atoms with Crippen LogP contribution in [0.15, 0.2) is 72.8 Å². The molecule has 0 spiro atoms. The van der Waals surface area contributed by atoms with Gasteiger partial charge in [0, 0.05) is 6.07 Å². The van der Waals surface area contributed by atoms with Gasteiger partial charge in [-0.3, -0.25) is 4.79 Å². The Hall–Kier alpha value is -3.27. The zero-order valence-corrected chi connectivity index (χ0v) is 14.6. The fourth-order valence-electron chi connectivity index (χ4n) is 2.55. The molecule has 0 radical (unpaired) electrons. The molecule has 4 nitrogen and oxygen atoms in total. The number of carbonyl (C=O) groups excluding carboxylic acids is 1. The topological polar surface area (TPSA) is 44.8 Å². The Balaban J connectivity index is 1.53. The zero-order valence-electron chi connectivity index (χ0n) is 14.6. The second kappa shape index (κ2) is 8.72. The van der Waals surface area contributed by atoms with Gasteiger partial charge < -0.3 is 14.2 Å². The third-order valence-corrected chi connectivity index (χ3v) is 3.92. The molecule has 26 heavy (non-hydrogen) atoms. The van der Waals surface area contributed by atoms with Gasteiger partial charge in [0.25, 0.3) is 0 Å². The number of hydrogen-bond donors (Lipinski definition) is 0. The summed E-state index contributed by atoms with van der Waals surface area (Å²) in [5.74, 6) is 1.90. The van der Waals surface area contributed by atoms with E-state index in [1.165, 1.54) is 5.56 Å². The van der Waals surface area contributed by atoms with Gasteiger partial charge in [0.05, 0.1) is 12.7 Å². The normalized spacial score (nSPS) is 10.2. The third kappa shape index (κ3) is 4.42. The highest BCUT2D eigenvalue weighted by Crippen LogP contribution is 2.24. The fraction of sp³-hybridized carbons (Fsp3) is 0.136. The van der Waals surface area contributed by atoms with Crippen molar-refractivity contribution in [3.63, 3.8) is 0 Å². The smallest absolute Gasteiger partial charge is 0.153 e. The van der Waals surface area contributed by atoms with Gasteiger partial charge in [-0.2, -0.15) is 0 Å². The molecule has 4 heteroatoms. The first kappa shape index (κ1) is 17.5. The summed E-state index contributed by atoms with van der Waals surface area (Å²) in [5.41, 5.74) is 2.79. The molecule has 0 heterocycles. The molecule has 0 aromatic heterocycles. The van der Waals surface area contributed by atoms with Crippen molar-refractivity contribution >= 4 is 6.29 Å². The minimum Gasteiger partial charge on any atom is -0.497 e. The standard InChI is InChI=1S/C22H20O4/c1-24-21-12-9-19(16-23)22(15-21)26-14-13-25-20-10-7-18(8-11-20)17-5-3-2-4-6-17/h2-12,15-16H,13-14H2,1H3. The summed E-state index contributed by atoms with van der Waals surface area (Å²) in [6, 6.07) is 23.2. The Morgan fingerprint density at radius 1 is 0.769 bits per heavy atom. The van der Waals surface area contributed by atoms with Crippen LogP contribution in [0, 0.1) is 0 Å². The molecule has 0 atom stereocenters. The molecular formula is C22H20O4. The molecule has 0 aliphatic rings. The minimum atomic E-state index is 0.328. The molecule has 0 unspecified atom stereocenters. The molecule has 0 saturated heterocycles. The summed E-state index contributed by atoms with van der Waals surface area (Å²) >= 11 is 0. The van der Waals surface area contributed by atoms with E-state index >= 15 is 0 Å². The van der Waals surface area contributed by atoms with Crippen molar-refractivity contribution in [2.45, 2.75) is 0 Å². The molecular weight excluding hydrogens is 328 g/mol. The summed E-state index contributed by atoms with van der Waals surface area (Å²) in [7, 11) is 1.57. The monoisotopic (exact) mass is 348 g/mol. The third-order valence-electron chi connectivity index (χ3n) is 3.92. The van der Waals surface area contributed by atoms with Crippen LogP contribution < -0.4 is 14.2 Å². The van der Waals surface area contributed by atoms with E-state index in [4.69, 9.17) is 14.2 Å². The van der Waals surface area contributed by atoms with Gasteiger partial charge in [-0.25, -0.2) is 0 Å². The van der Waals surface area contributed by atoms with Crippen molar-refractivity contribution in [2.75, 3.05) is 20.3 Å². The van der Waals surface area contributed by atoms with Crippen LogP contribution in [0.3, 0.4) is 0 Å². The lowest BCUT2D eigenvalue weighted by Gasteiger charge is -2.11. The van der Waals surface area contributed by atoms with Gasteiger partial charge >= 0.3 is 0 Å². The quantitative estimate of drug-likeness (QED) is 0.440. The minimum absolute atomic E-state index is 0.328. The largest absolute Gasteiger partial charge is 0.497 e. The highest BCUT2D eigenvalue weighted by atomic mass is 16.5. The van der Waals surface area contributed by atoms with Gasteiger partial charge in [-0.15, -0.1) is 0 Å². The summed E-state index contributed by atoms with van der Waals surface area (Å²) in [5, 5.41) is 0. The fourth-order valence-corrected chi connectivity index (χ4v) is 2.55. The first-order valence-electron chi connectivity index (χ1n) is 8.34. The number of carbonyl (C=O) groups is 1. The van der Waals surface area contributed by atoms with Crippen molar-refractivity contribution < 1.29 is 19.0 Å². The van der Waals surface area contributed by atoms with Gasteiger partial charge in [-0.05, 0) is 35.4 Å². The number of hydrogen-bond acceptors (Lipinski definition) is 4. The molecule has 0 fully saturated rings. The number of rotatable bonds is 8. The van der Waals surface area contributed by atoms with E-state index in [0.717, 1.165) is 17.6 Å². The number of aldehydes is 1. The van der Waals surface area contributed by atoms with E-state index in [1.807, 2.05) is 42.5 Å². The van der Waals surface area contributed by atoms with Crippen molar-refractivity contribution in [1.82, 2.24) is 0 Å². The van der Waals surface area contributed by atoms with Crippen molar-refractivity contribution in [3.05, 3.63) is 78.4 Å². The van der Waals surface area contributed by atoms with Crippen molar-refractivity contribution in [3.8, 4) is 28.4 Å².